The zero-order valence-corrected chi connectivity index (χ0v) is 12.6. The molecule has 0 saturated heterocycles. The molecule has 1 aromatic carbocycles. The molecule has 118 valence electrons. The van der Waals surface area contributed by atoms with Crippen LogP contribution in [0.2, 0.25) is 0 Å². The summed E-state index contributed by atoms with van der Waals surface area (Å²) < 4.78 is 18.6. The van der Waals surface area contributed by atoms with Gasteiger partial charge in [0.1, 0.15) is 11.4 Å². The Kier molecular flexibility index (Phi) is 5.27. The molecule has 0 amide bonds. The smallest absolute Gasteiger partial charge is 0.341 e. The lowest BCUT2D eigenvalue weighted by Crippen LogP contribution is -2.24. The van der Waals surface area contributed by atoms with Crippen molar-refractivity contribution in [3.8, 4) is 0 Å². The van der Waals surface area contributed by atoms with Gasteiger partial charge in [0, 0.05) is 17.6 Å². The van der Waals surface area contributed by atoms with E-state index in [4.69, 9.17) is 4.74 Å². The number of esters is 1. The van der Waals surface area contributed by atoms with Gasteiger partial charge in [-0.05, 0) is 31.5 Å². The van der Waals surface area contributed by atoms with E-state index >= 15 is 0 Å². The molecule has 0 saturated carbocycles. The summed E-state index contributed by atoms with van der Waals surface area (Å²) in [5, 5.41) is 13.0. The minimum absolute atomic E-state index is 0.0993. The van der Waals surface area contributed by atoms with Crippen LogP contribution >= 0.6 is 0 Å². The number of benzene rings is 1. The van der Waals surface area contributed by atoms with Gasteiger partial charge in [0.2, 0.25) is 0 Å². The van der Waals surface area contributed by atoms with E-state index < -0.39 is 11.8 Å². The maximum Gasteiger partial charge on any atom is 0.341 e. The van der Waals surface area contributed by atoms with Crippen molar-refractivity contribution in [2.45, 2.75) is 26.3 Å². The van der Waals surface area contributed by atoms with Gasteiger partial charge in [0.05, 0.1) is 24.4 Å². The molecule has 1 heterocycles. The van der Waals surface area contributed by atoms with Crippen molar-refractivity contribution in [1.82, 2.24) is 4.98 Å². The van der Waals surface area contributed by atoms with E-state index in [1.165, 1.54) is 18.3 Å². The summed E-state index contributed by atoms with van der Waals surface area (Å²) in [6.45, 7) is 3.75. The van der Waals surface area contributed by atoms with Crippen molar-refractivity contribution in [3.05, 3.63) is 35.8 Å². The van der Waals surface area contributed by atoms with Crippen LogP contribution in [0.1, 0.15) is 30.6 Å². The predicted molar refractivity (Wildman–Crippen MR) is 82.4 cm³/mol. The third-order valence-electron chi connectivity index (χ3n) is 3.39. The highest BCUT2D eigenvalue weighted by molar-refractivity contribution is 6.05. The Balaban J connectivity index is 2.60. The van der Waals surface area contributed by atoms with Crippen molar-refractivity contribution in [1.29, 1.82) is 0 Å². The molecule has 22 heavy (non-hydrogen) atoms. The van der Waals surface area contributed by atoms with Gasteiger partial charge in [-0.3, -0.25) is 4.98 Å². The van der Waals surface area contributed by atoms with Crippen LogP contribution in [-0.4, -0.2) is 35.3 Å². The van der Waals surface area contributed by atoms with Gasteiger partial charge in [-0.2, -0.15) is 0 Å². The van der Waals surface area contributed by atoms with E-state index in [1.807, 2.05) is 6.92 Å². The average molecular weight is 306 g/mol. The number of anilines is 1. The number of hydrogen-bond acceptors (Lipinski definition) is 5. The quantitative estimate of drug-likeness (QED) is 0.803. The topological polar surface area (TPSA) is 71.5 Å². The molecule has 0 aliphatic heterocycles. The Hall–Kier alpha value is -2.21. The summed E-state index contributed by atoms with van der Waals surface area (Å²) in [4.78, 5) is 16.3. The van der Waals surface area contributed by atoms with Crippen molar-refractivity contribution in [2.24, 2.45) is 0 Å². The monoisotopic (exact) mass is 306 g/mol. The number of pyridine rings is 1. The first-order valence-electron chi connectivity index (χ1n) is 7.23. The SMILES string of the molecule is CCOC(=O)c1cnc2ccc(F)cc2c1N[C@H](CC)CO. The van der Waals surface area contributed by atoms with E-state index in [-0.39, 0.29) is 24.8 Å². The minimum atomic E-state index is -0.531. The molecule has 2 aromatic rings. The molecule has 0 fully saturated rings. The number of aliphatic hydroxyl groups excluding tert-OH is 1. The Morgan fingerprint density at radius 1 is 1.45 bits per heavy atom. The normalized spacial score (nSPS) is 12.2. The molecule has 0 bridgehead atoms. The molecule has 0 radical (unpaired) electrons. The van der Waals surface area contributed by atoms with E-state index in [2.05, 4.69) is 10.3 Å². The standard InChI is InChI=1S/C16H19FN2O3/c1-3-11(9-20)19-15-12-7-10(17)5-6-14(12)18-8-13(15)16(21)22-4-2/h5-8,11,20H,3-4,9H2,1-2H3,(H,18,19)/t11-/m1/s1. The summed E-state index contributed by atoms with van der Waals surface area (Å²) in [7, 11) is 0. The second kappa shape index (κ2) is 7.17. The van der Waals surface area contributed by atoms with Gasteiger partial charge < -0.3 is 15.2 Å². The molecule has 0 aliphatic carbocycles. The first kappa shape index (κ1) is 16.2. The number of carbonyl (C=O) groups excluding carboxylic acids is 1. The van der Waals surface area contributed by atoms with Gasteiger partial charge in [-0.1, -0.05) is 6.92 Å². The Bertz CT molecular complexity index is 672. The van der Waals surface area contributed by atoms with Gasteiger partial charge in [-0.25, -0.2) is 9.18 Å². The predicted octanol–water partition coefficient (Wildman–Crippen LogP) is 2.73. The second-order valence-electron chi connectivity index (χ2n) is 4.86. The Morgan fingerprint density at radius 3 is 2.86 bits per heavy atom. The Labute approximate surface area is 128 Å². The summed E-state index contributed by atoms with van der Waals surface area (Å²) >= 11 is 0. The third-order valence-corrected chi connectivity index (χ3v) is 3.39. The fourth-order valence-corrected chi connectivity index (χ4v) is 2.16. The van der Waals surface area contributed by atoms with Gasteiger partial charge in [0.15, 0.2) is 0 Å². The van der Waals surface area contributed by atoms with Crippen molar-refractivity contribution in [2.75, 3.05) is 18.5 Å². The average Bonchev–Trinajstić information content (AvgIpc) is 2.52. The van der Waals surface area contributed by atoms with Crippen LogP contribution in [0.25, 0.3) is 10.9 Å². The summed E-state index contributed by atoms with van der Waals surface area (Å²) in [6, 6.07) is 3.93. The maximum absolute atomic E-state index is 13.6. The van der Waals surface area contributed by atoms with Crippen LogP contribution in [0.15, 0.2) is 24.4 Å². The molecule has 2 rings (SSSR count). The third kappa shape index (κ3) is 3.33. The zero-order chi connectivity index (χ0) is 16.1. The van der Waals surface area contributed by atoms with E-state index in [9.17, 15) is 14.3 Å². The molecule has 5 nitrogen and oxygen atoms in total. The second-order valence-corrected chi connectivity index (χ2v) is 4.86. The lowest BCUT2D eigenvalue weighted by atomic mass is 10.1. The highest BCUT2D eigenvalue weighted by Gasteiger charge is 2.19. The van der Waals surface area contributed by atoms with E-state index in [0.29, 0.717) is 23.0 Å². The molecule has 6 heteroatoms. The number of halogens is 1. The number of nitrogens with one attached hydrogen (secondary N) is 1. The molecule has 0 aliphatic rings. The largest absolute Gasteiger partial charge is 0.462 e. The van der Waals surface area contributed by atoms with Crippen LogP contribution in [0, 0.1) is 5.82 Å². The van der Waals surface area contributed by atoms with Crippen LogP contribution in [-0.2, 0) is 4.74 Å². The molecule has 2 N–H and O–H groups in total. The molecule has 0 unspecified atom stereocenters. The van der Waals surface area contributed by atoms with Gasteiger partial charge in [0.25, 0.3) is 0 Å². The highest BCUT2D eigenvalue weighted by atomic mass is 19.1. The molecular formula is C16H19FN2O3. The van der Waals surface area contributed by atoms with Crippen LogP contribution in [0.4, 0.5) is 10.1 Å². The van der Waals surface area contributed by atoms with E-state index in [0.717, 1.165) is 0 Å². The number of hydrogen-bond donors (Lipinski definition) is 2. The molecule has 1 aromatic heterocycles. The fourth-order valence-electron chi connectivity index (χ4n) is 2.16. The Morgan fingerprint density at radius 2 is 2.23 bits per heavy atom. The number of ether oxygens (including phenoxy) is 1. The van der Waals surface area contributed by atoms with Gasteiger partial charge >= 0.3 is 5.97 Å². The van der Waals surface area contributed by atoms with Crippen molar-refractivity contribution >= 4 is 22.6 Å². The van der Waals surface area contributed by atoms with Crippen LogP contribution < -0.4 is 5.32 Å². The van der Waals surface area contributed by atoms with Gasteiger partial charge in [-0.15, -0.1) is 0 Å². The molecular weight excluding hydrogens is 287 g/mol. The number of aromatic nitrogens is 1. The number of rotatable bonds is 6. The minimum Gasteiger partial charge on any atom is -0.462 e. The zero-order valence-electron chi connectivity index (χ0n) is 12.6. The van der Waals surface area contributed by atoms with E-state index in [1.54, 1.807) is 13.0 Å². The lowest BCUT2D eigenvalue weighted by molar-refractivity contribution is 0.0527. The van der Waals surface area contributed by atoms with Crippen LogP contribution in [0.3, 0.4) is 0 Å². The first-order chi connectivity index (χ1) is 10.6. The van der Waals surface area contributed by atoms with Crippen molar-refractivity contribution < 1.29 is 19.0 Å². The summed E-state index contributed by atoms with van der Waals surface area (Å²) in [5.74, 6) is -0.952. The first-order valence-corrected chi connectivity index (χ1v) is 7.23. The van der Waals surface area contributed by atoms with Crippen molar-refractivity contribution in [3.63, 3.8) is 0 Å². The molecule has 1 atom stereocenters. The number of nitrogens with zero attached hydrogens (tertiary/aromatic N) is 1. The lowest BCUT2D eigenvalue weighted by Gasteiger charge is -2.19. The molecule has 0 spiro atoms. The summed E-state index contributed by atoms with van der Waals surface area (Å²) in [6.07, 6.45) is 2.06. The maximum atomic E-state index is 13.6. The number of aliphatic hydroxyl groups is 1. The number of fused-ring (bicyclic) bond motifs is 1. The van der Waals surface area contributed by atoms with Crippen LogP contribution in [0.5, 0.6) is 0 Å². The fraction of sp³-hybridized carbons (Fsp3) is 0.375. The summed E-state index contributed by atoms with van der Waals surface area (Å²) in [5.41, 5.74) is 1.22. The highest BCUT2D eigenvalue weighted by Crippen LogP contribution is 2.28. The number of carbonyl (C=O) groups is 1.